The van der Waals surface area contributed by atoms with Crippen molar-refractivity contribution >= 4 is 21.6 Å². The van der Waals surface area contributed by atoms with Gasteiger partial charge in [-0.15, -0.1) is 0 Å². The summed E-state index contributed by atoms with van der Waals surface area (Å²) in [5, 5.41) is 0. The summed E-state index contributed by atoms with van der Waals surface area (Å²) in [5.41, 5.74) is 11.7. The molecule has 0 aromatic heterocycles. The van der Waals surface area contributed by atoms with Crippen molar-refractivity contribution in [1.82, 2.24) is 4.72 Å². The van der Waals surface area contributed by atoms with Gasteiger partial charge in [-0.25, -0.2) is 13.1 Å². The van der Waals surface area contributed by atoms with Crippen LogP contribution in [0.4, 0.5) is 5.69 Å². The van der Waals surface area contributed by atoms with Crippen molar-refractivity contribution in [2.24, 2.45) is 5.73 Å². The summed E-state index contributed by atoms with van der Waals surface area (Å²) >= 11 is 0. The molecule has 1 rings (SSSR count). The Hall–Kier alpha value is -1.60. The first kappa shape index (κ1) is 14.5. The van der Waals surface area contributed by atoms with E-state index in [1.54, 1.807) is 13.0 Å². The van der Waals surface area contributed by atoms with E-state index in [0.717, 1.165) is 5.56 Å². The zero-order chi connectivity index (χ0) is 13.8. The van der Waals surface area contributed by atoms with Crippen LogP contribution in [0, 0.1) is 6.92 Å². The average molecular weight is 271 g/mol. The number of carbonyl (C=O) groups excluding carboxylic acids is 1. The fourth-order valence-electron chi connectivity index (χ4n) is 1.48. The molecule has 7 heteroatoms. The van der Waals surface area contributed by atoms with Gasteiger partial charge in [-0.2, -0.15) is 0 Å². The molecule has 0 atom stereocenters. The topological polar surface area (TPSA) is 115 Å². The molecule has 0 saturated heterocycles. The van der Waals surface area contributed by atoms with Crippen molar-refractivity contribution in [2.75, 3.05) is 12.3 Å². The van der Waals surface area contributed by atoms with Crippen molar-refractivity contribution in [3.63, 3.8) is 0 Å². The SMILES string of the molecule is Cc1cc(N)cc(S(=O)(=O)NCCCC(N)=O)c1. The first-order valence-electron chi connectivity index (χ1n) is 5.46. The van der Waals surface area contributed by atoms with Crippen LogP contribution < -0.4 is 16.2 Å². The number of aryl methyl sites for hydroxylation is 1. The highest BCUT2D eigenvalue weighted by molar-refractivity contribution is 7.89. The molecule has 5 N–H and O–H groups in total. The highest BCUT2D eigenvalue weighted by Gasteiger charge is 2.14. The second-order valence-corrected chi connectivity index (χ2v) is 5.81. The number of amides is 1. The lowest BCUT2D eigenvalue weighted by Gasteiger charge is -2.08. The Balaban J connectivity index is 2.71. The first-order valence-corrected chi connectivity index (χ1v) is 6.95. The molecule has 1 amide bonds. The number of rotatable bonds is 6. The molecule has 1 aromatic rings. The van der Waals surface area contributed by atoms with Gasteiger partial charge in [-0.05, 0) is 37.1 Å². The van der Waals surface area contributed by atoms with Gasteiger partial charge in [0.05, 0.1) is 4.90 Å². The zero-order valence-electron chi connectivity index (χ0n) is 10.1. The van der Waals surface area contributed by atoms with Gasteiger partial charge in [0.2, 0.25) is 15.9 Å². The Morgan fingerprint density at radius 2 is 2.00 bits per heavy atom. The van der Waals surface area contributed by atoms with Crippen LogP contribution >= 0.6 is 0 Å². The maximum absolute atomic E-state index is 11.9. The number of anilines is 1. The van der Waals surface area contributed by atoms with E-state index in [0.29, 0.717) is 12.1 Å². The Morgan fingerprint density at radius 1 is 1.33 bits per heavy atom. The summed E-state index contributed by atoms with van der Waals surface area (Å²) in [4.78, 5) is 10.6. The number of carbonyl (C=O) groups is 1. The summed E-state index contributed by atoms with van der Waals surface area (Å²) in [5.74, 6) is -0.450. The lowest BCUT2D eigenvalue weighted by molar-refractivity contribution is -0.118. The van der Waals surface area contributed by atoms with Crippen molar-refractivity contribution in [2.45, 2.75) is 24.7 Å². The summed E-state index contributed by atoms with van der Waals surface area (Å²) < 4.78 is 26.2. The standard InChI is InChI=1S/C11H17N3O3S/c1-8-5-9(12)7-10(6-8)18(16,17)14-4-2-3-11(13)15/h5-7,14H,2-4,12H2,1H3,(H2,13,15). The molecule has 0 aliphatic rings. The fraction of sp³-hybridized carbons (Fsp3) is 0.364. The maximum Gasteiger partial charge on any atom is 0.240 e. The van der Waals surface area contributed by atoms with E-state index in [1.165, 1.54) is 12.1 Å². The predicted molar refractivity (Wildman–Crippen MR) is 69.2 cm³/mol. The molecule has 6 nitrogen and oxygen atoms in total. The highest BCUT2D eigenvalue weighted by atomic mass is 32.2. The minimum absolute atomic E-state index is 0.124. The van der Waals surface area contributed by atoms with Crippen LogP contribution in [0.2, 0.25) is 0 Å². The van der Waals surface area contributed by atoms with Gasteiger partial charge >= 0.3 is 0 Å². The molecule has 0 saturated carbocycles. The second kappa shape index (κ2) is 5.83. The summed E-state index contributed by atoms with van der Waals surface area (Å²) in [6.07, 6.45) is 0.522. The van der Waals surface area contributed by atoms with E-state index < -0.39 is 15.9 Å². The molecule has 0 spiro atoms. The Bertz CT molecular complexity index is 520. The Labute approximate surface area is 106 Å². The van der Waals surface area contributed by atoms with Crippen LogP contribution in [-0.2, 0) is 14.8 Å². The van der Waals surface area contributed by atoms with E-state index in [4.69, 9.17) is 11.5 Å². The molecular formula is C11H17N3O3S. The first-order chi connectivity index (χ1) is 8.31. The molecule has 0 aliphatic carbocycles. The third kappa shape index (κ3) is 4.34. The quantitative estimate of drug-likeness (QED) is 0.503. The third-order valence-corrected chi connectivity index (χ3v) is 3.72. The van der Waals surface area contributed by atoms with Crippen molar-refractivity contribution in [3.8, 4) is 0 Å². The lowest BCUT2D eigenvalue weighted by atomic mass is 10.2. The Morgan fingerprint density at radius 3 is 2.56 bits per heavy atom. The fourth-order valence-corrected chi connectivity index (χ4v) is 2.70. The smallest absolute Gasteiger partial charge is 0.240 e. The number of sulfonamides is 1. The minimum Gasteiger partial charge on any atom is -0.399 e. The van der Waals surface area contributed by atoms with Gasteiger partial charge in [-0.3, -0.25) is 4.79 Å². The number of benzene rings is 1. The second-order valence-electron chi connectivity index (χ2n) is 4.05. The molecule has 0 bridgehead atoms. The summed E-state index contributed by atoms with van der Waals surface area (Å²) in [7, 11) is -3.59. The van der Waals surface area contributed by atoms with Crippen LogP contribution in [0.5, 0.6) is 0 Å². The van der Waals surface area contributed by atoms with Crippen LogP contribution in [0.3, 0.4) is 0 Å². The lowest BCUT2D eigenvalue weighted by Crippen LogP contribution is -2.26. The van der Waals surface area contributed by atoms with Crippen LogP contribution in [0.1, 0.15) is 18.4 Å². The average Bonchev–Trinajstić information content (AvgIpc) is 2.23. The van der Waals surface area contributed by atoms with Gasteiger partial charge in [0.25, 0.3) is 0 Å². The molecule has 1 aromatic carbocycles. The van der Waals surface area contributed by atoms with Crippen LogP contribution in [0.15, 0.2) is 23.1 Å². The summed E-state index contributed by atoms with van der Waals surface area (Å²) in [6, 6.07) is 4.61. The van der Waals surface area contributed by atoms with Gasteiger partial charge in [0.1, 0.15) is 0 Å². The normalized spacial score (nSPS) is 11.4. The largest absolute Gasteiger partial charge is 0.399 e. The maximum atomic E-state index is 11.9. The molecule has 0 heterocycles. The van der Waals surface area contributed by atoms with E-state index in [1.807, 2.05) is 0 Å². The number of hydrogen-bond acceptors (Lipinski definition) is 4. The highest BCUT2D eigenvalue weighted by Crippen LogP contribution is 2.15. The zero-order valence-corrected chi connectivity index (χ0v) is 11.0. The van der Waals surface area contributed by atoms with Crippen molar-refractivity contribution in [3.05, 3.63) is 23.8 Å². The van der Waals surface area contributed by atoms with Crippen LogP contribution in [-0.4, -0.2) is 20.9 Å². The van der Waals surface area contributed by atoms with Crippen molar-refractivity contribution in [1.29, 1.82) is 0 Å². The molecule has 100 valence electrons. The van der Waals surface area contributed by atoms with E-state index in [9.17, 15) is 13.2 Å². The number of primary amides is 1. The predicted octanol–water partition coefficient (Wildman–Crippen LogP) is 0.121. The van der Waals surface area contributed by atoms with Gasteiger partial charge in [0, 0.05) is 18.7 Å². The molecule has 0 fully saturated rings. The molecular weight excluding hydrogens is 254 g/mol. The summed E-state index contributed by atoms with van der Waals surface area (Å²) in [6.45, 7) is 1.93. The number of hydrogen-bond donors (Lipinski definition) is 3. The van der Waals surface area contributed by atoms with E-state index >= 15 is 0 Å². The number of nitrogens with two attached hydrogens (primary N) is 2. The monoisotopic (exact) mass is 271 g/mol. The number of nitrogen functional groups attached to an aromatic ring is 1. The van der Waals surface area contributed by atoms with Gasteiger partial charge < -0.3 is 11.5 Å². The Kier molecular flexibility index (Phi) is 4.69. The molecule has 0 unspecified atom stereocenters. The minimum atomic E-state index is -3.59. The number of nitrogens with one attached hydrogen (secondary N) is 1. The van der Waals surface area contributed by atoms with E-state index in [-0.39, 0.29) is 17.9 Å². The molecule has 18 heavy (non-hydrogen) atoms. The van der Waals surface area contributed by atoms with Crippen LogP contribution in [0.25, 0.3) is 0 Å². The van der Waals surface area contributed by atoms with Gasteiger partial charge in [-0.1, -0.05) is 0 Å². The van der Waals surface area contributed by atoms with Gasteiger partial charge in [0.15, 0.2) is 0 Å². The molecule has 0 aliphatic heterocycles. The third-order valence-electron chi connectivity index (χ3n) is 2.28. The molecule has 0 radical (unpaired) electrons. The van der Waals surface area contributed by atoms with Crippen molar-refractivity contribution < 1.29 is 13.2 Å². The van der Waals surface area contributed by atoms with E-state index in [2.05, 4.69) is 4.72 Å².